The van der Waals surface area contributed by atoms with Crippen LogP contribution < -0.4 is 0 Å². The fourth-order valence-corrected chi connectivity index (χ4v) is 2.80. The van der Waals surface area contributed by atoms with Crippen LogP contribution in [0.3, 0.4) is 0 Å². The van der Waals surface area contributed by atoms with Crippen LogP contribution in [0.15, 0.2) is 28.7 Å². The molecule has 3 heteroatoms. The van der Waals surface area contributed by atoms with E-state index in [4.69, 9.17) is 0 Å². The highest BCUT2D eigenvalue weighted by Crippen LogP contribution is 2.46. The number of piperidine rings is 1. The topological polar surface area (TPSA) is 20.3 Å². The zero-order valence-electron chi connectivity index (χ0n) is 8.32. The average molecular weight is 266 g/mol. The molecule has 1 aromatic carbocycles. The first-order valence-corrected chi connectivity index (χ1v) is 6.06. The molecule has 2 fully saturated rings. The maximum absolute atomic E-state index is 11.8. The monoisotopic (exact) mass is 265 g/mol. The molecule has 1 saturated carbocycles. The average Bonchev–Trinajstić information content (AvgIpc) is 2.89. The van der Waals surface area contributed by atoms with Gasteiger partial charge in [0.2, 0.25) is 5.91 Å². The van der Waals surface area contributed by atoms with Gasteiger partial charge in [-0.15, -0.1) is 0 Å². The van der Waals surface area contributed by atoms with Gasteiger partial charge in [0, 0.05) is 23.5 Å². The Hall–Kier alpha value is -0.830. The van der Waals surface area contributed by atoms with Crippen molar-refractivity contribution in [2.75, 3.05) is 6.54 Å². The number of carbonyl (C=O) groups is 1. The number of likely N-dealkylation sites (tertiary alicyclic amines) is 1. The van der Waals surface area contributed by atoms with E-state index in [1.54, 1.807) is 0 Å². The Morgan fingerprint density at radius 2 is 2.33 bits per heavy atom. The van der Waals surface area contributed by atoms with Crippen LogP contribution in [-0.2, 0) is 11.3 Å². The van der Waals surface area contributed by atoms with Crippen LogP contribution in [0.1, 0.15) is 12.0 Å². The van der Waals surface area contributed by atoms with Crippen molar-refractivity contribution in [3.8, 4) is 0 Å². The summed E-state index contributed by atoms with van der Waals surface area (Å²) in [7, 11) is 0. The highest BCUT2D eigenvalue weighted by atomic mass is 79.9. The molecule has 1 aliphatic heterocycles. The molecule has 2 nitrogen and oxygen atoms in total. The van der Waals surface area contributed by atoms with Gasteiger partial charge in [0.25, 0.3) is 0 Å². The third kappa shape index (κ3) is 1.69. The third-order valence-electron chi connectivity index (χ3n) is 3.27. The van der Waals surface area contributed by atoms with E-state index in [9.17, 15) is 4.79 Å². The van der Waals surface area contributed by atoms with Crippen LogP contribution >= 0.6 is 15.9 Å². The van der Waals surface area contributed by atoms with E-state index >= 15 is 0 Å². The van der Waals surface area contributed by atoms with E-state index in [2.05, 4.69) is 28.1 Å². The number of nitrogens with zero attached hydrogens (tertiary/aromatic N) is 1. The van der Waals surface area contributed by atoms with Crippen LogP contribution in [0, 0.1) is 11.8 Å². The van der Waals surface area contributed by atoms with E-state index in [0.717, 1.165) is 24.0 Å². The number of hydrogen-bond acceptors (Lipinski definition) is 1. The minimum atomic E-state index is 0.361. The fraction of sp³-hybridized carbons (Fsp3) is 0.417. The SMILES string of the molecule is O=C1C2CC2CN1Cc1cccc(Br)c1. The molecule has 1 aromatic rings. The van der Waals surface area contributed by atoms with Crippen LogP contribution in [0.25, 0.3) is 0 Å². The largest absolute Gasteiger partial charge is 0.338 e. The van der Waals surface area contributed by atoms with Gasteiger partial charge >= 0.3 is 0 Å². The first-order valence-electron chi connectivity index (χ1n) is 5.27. The van der Waals surface area contributed by atoms with Gasteiger partial charge in [-0.1, -0.05) is 28.1 Å². The Labute approximate surface area is 97.4 Å². The van der Waals surface area contributed by atoms with Crippen molar-refractivity contribution in [3.05, 3.63) is 34.3 Å². The van der Waals surface area contributed by atoms with E-state index in [1.807, 2.05) is 17.0 Å². The second-order valence-corrected chi connectivity index (χ2v) is 5.37. The van der Waals surface area contributed by atoms with Crippen molar-refractivity contribution in [2.45, 2.75) is 13.0 Å². The van der Waals surface area contributed by atoms with E-state index in [1.165, 1.54) is 5.56 Å². The Morgan fingerprint density at radius 1 is 1.47 bits per heavy atom. The summed E-state index contributed by atoms with van der Waals surface area (Å²) in [5.41, 5.74) is 1.21. The maximum atomic E-state index is 11.8. The van der Waals surface area contributed by atoms with E-state index < -0.39 is 0 Å². The Kier molecular flexibility index (Phi) is 2.09. The zero-order chi connectivity index (χ0) is 10.4. The molecular formula is C12H12BrNO. The van der Waals surface area contributed by atoms with Gasteiger partial charge in [-0.2, -0.15) is 0 Å². The van der Waals surface area contributed by atoms with Crippen molar-refractivity contribution in [3.63, 3.8) is 0 Å². The van der Waals surface area contributed by atoms with Crippen molar-refractivity contribution in [1.29, 1.82) is 0 Å². The highest BCUT2D eigenvalue weighted by Gasteiger charge is 2.51. The van der Waals surface area contributed by atoms with Crippen LogP contribution in [0.4, 0.5) is 0 Å². The number of benzene rings is 1. The Bertz CT molecular complexity index is 418. The lowest BCUT2D eigenvalue weighted by Gasteiger charge is -2.18. The van der Waals surface area contributed by atoms with E-state index in [-0.39, 0.29) is 0 Å². The minimum absolute atomic E-state index is 0.361. The number of amides is 1. The molecule has 2 aliphatic rings. The number of halogens is 1. The van der Waals surface area contributed by atoms with Crippen LogP contribution in [0.2, 0.25) is 0 Å². The molecule has 1 heterocycles. The fourth-order valence-electron chi connectivity index (χ4n) is 2.36. The van der Waals surface area contributed by atoms with Gasteiger partial charge in [-0.25, -0.2) is 0 Å². The molecule has 78 valence electrons. The Balaban J connectivity index is 1.73. The van der Waals surface area contributed by atoms with Crippen molar-refractivity contribution in [1.82, 2.24) is 4.90 Å². The molecule has 0 N–H and O–H groups in total. The molecule has 1 aliphatic carbocycles. The summed E-state index contributed by atoms with van der Waals surface area (Å²) in [5.74, 6) is 1.40. The molecule has 1 amide bonds. The number of rotatable bonds is 2. The van der Waals surface area contributed by atoms with Gasteiger partial charge in [0.05, 0.1) is 0 Å². The summed E-state index contributed by atoms with van der Waals surface area (Å²) in [6.07, 6.45) is 1.13. The second kappa shape index (κ2) is 3.34. The number of carbonyl (C=O) groups excluding carboxylic acids is 1. The van der Waals surface area contributed by atoms with Crippen LogP contribution in [-0.4, -0.2) is 17.4 Å². The van der Waals surface area contributed by atoms with Crippen molar-refractivity contribution >= 4 is 21.8 Å². The first-order chi connectivity index (χ1) is 7.24. The van der Waals surface area contributed by atoms with Crippen molar-refractivity contribution in [2.24, 2.45) is 11.8 Å². The first kappa shape index (κ1) is 9.40. The van der Waals surface area contributed by atoms with E-state index in [0.29, 0.717) is 17.7 Å². The van der Waals surface area contributed by atoms with Gasteiger partial charge in [-0.3, -0.25) is 4.79 Å². The normalized spacial score (nSPS) is 28.1. The molecule has 15 heavy (non-hydrogen) atoms. The summed E-state index contributed by atoms with van der Waals surface area (Å²) in [6, 6.07) is 8.17. The summed E-state index contributed by atoms with van der Waals surface area (Å²) in [5, 5.41) is 0. The smallest absolute Gasteiger partial charge is 0.226 e. The highest BCUT2D eigenvalue weighted by molar-refractivity contribution is 9.10. The zero-order valence-corrected chi connectivity index (χ0v) is 9.90. The van der Waals surface area contributed by atoms with Gasteiger partial charge in [-0.05, 0) is 30.0 Å². The lowest BCUT2D eigenvalue weighted by atomic mass is 10.2. The minimum Gasteiger partial charge on any atom is -0.338 e. The molecular weight excluding hydrogens is 254 g/mol. The number of hydrogen-bond donors (Lipinski definition) is 0. The predicted molar refractivity (Wildman–Crippen MR) is 61.2 cm³/mol. The van der Waals surface area contributed by atoms with Crippen molar-refractivity contribution < 1.29 is 4.79 Å². The summed E-state index contributed by atoms with van der Waals surface area (Å²) in [6.45, 7) is 1.74. The molecule has 1 saturated heterocycles. The quantitative estimate of drug-likeness (QED) is 0.805. The Morgan fingerprint density at radius 3 is 3.00 bits per heavy atom. The number of fused-ring (bicyclic) bond motifs is 1. The van der Waals surface area contributed by atoms with Gasteiger partial charge < -0.3 is 4.90 Å². The second-order valence-electron chi connectivity index (χ2n) is 4.45. The molecule has 2 atom stereocenters. The van der Waals surface area contributed by atoms with Crippen LogP contribution in [0.5, 0.6) is 0 Å². The summed E-state index contributed by atoms with van der Waals surface area (Å²) < 4.78 is 1.08. The standard InChI is InChI=1S/C12H12BrNO/c13-10-3-1-2-8(4-10)6-14-7-9-5-11(9)12(14)15/h1-4,9,11H,5-7H2. The molecule has 2 unspecified atom stereocenters. The molecule has 0 radical (unpaired) electrons. The lowest BCUT2D eigenvalue weighted by molar-refractivity contribution is -0.130. The maximum Gasteiger partial charge on any atom is 0.226 e. The molecule has 0 bridgehead atoms. The molecule has 3 rings (SSSR count). The lowest BCUT2D eigenvalue weighted by Crippen LogP contribution is -2.27. The molecule has 0 spiro atoms. The molecule has 0 aromatic heterocycles. The summed E-state index contributed by atoms with van der Waals surface area (Å²) >= 11 is 3.44. The predicted octanol–water partition coefficient (Wildman–Crippen LogP) is 2.43. The third-order valence-corrected chi connectivity index (χ3v) is 3.76. The van der Waals surface area contributed by atoms with Gasteiger partial charge in [0.1, 0.15) is 0 Å². The summed E-state index contributed by atoms with van der Waals surface area (Å²) in [4.78, 5) is 13.7. The van der Waals surface area contributed by atoms with Gasteiger partial charge in [0.15, 0.2) is 0 Å².